The number of nitrogens with two attached hydrogens (primary N) is 1. The van der Waals surface area contributed by atoms with Gasteiger partial charge in [-0.2, -0.15) is 0 Å². The van der Waals surface area contributed by atoms with Crippen molar-refractivity contribution in [2.45, 2.75) is 18.4 Å². The van der Waals surface area contributed by atoms with Crippen LogP contribution >= 0.6 is 0 Å². The molecule has 0 aliphatic heterocycles. The second-order valence-corrected chi connectivity index (χ2v) is 3.03. The molecule has 0 amide bonds. The number of hydrogen-bond donors (Lipinski definition) is 4. The monoisotopic (exact) mass is 289 g/mol. The molecule has 104 valence electrons. The van der Waals surface area contributed by atoms with Crippen molar-refractivity contribution in [1.29, 1.82) is 0 Å². The summed E-state index contributed by atoms with van der Waals surface area (Å²) in [6, 6.07) is 0. The smallest absolute Gasteiger partial charge is 0.550 e. The zero-order chi connectivity index (χ0) is 14.9. The van der Waals surface area contributed by atoms with Crippen LogP contribution in [-0.2, 0) is 19.2 Å². The zero-order valence-electron chi connectivity index (χ0n) is 9.70. The molecule has 19 heavy (non-hydrogen) atoms. The second kappa shape index (κ2) is 10.5. The van der Waals surface area contributed by atoms with Crippen LogP contribution in [0.1, 0.15) is 12.8 Å². The first-order valence-corrected chi connectivity index (χ1v) is 4.32. The number of rotatable bonds is 6. The van der Waals surface area contributed by atoms with Crippen molar-refractivity contribution < 1.29 is 44.7 Å². The maximum absolute atomic E-state index is 10.3. The average molecular weight is 289 g/mol. The predicted molar refractivity (Wildman–Crippen MR) is 54.3 cm³/mol. The summed E-state index contributed by atoms with van der Waals surface area (Å²) in [4.78, 5) is 39.4. The summed E-state index contributed by atoms with van der Waals surface area (Å²) < 4.78 is 0. The molecule has 0 heterocycles. The number of hydrogen-bond acceptors (Lipinski definition) is 8. The molecule has 0 rings (SSSR count). The van der Waals surface area contributed by atoms with E-state index in [1.807, 2.05) is 0 Å². The Bertz CT molecular complexity index is 327. The van der Waals surface area contributed by atoms with Gasteiger partial charge < -0.3 is 40.9 Å². The van der Waals surface area contributed by atoms with Gasteiger partial charge in [-0.3, -0.25) is 4.79 Å². The molecule has 0 bridgehead atoms. The van der Waals surface area contributed by atoms with Gasteiger partial charge in [0.2, 0.25) is 0 Å². The molecular formula is C8H11MgNO9. The molecule has 0 atom stereocenters. The van der Waals surface area contributed by atoms with Crippen LogP contribution in [0.4, 0.5) is 0 Å². The summed E-state index contributed by atoms with van der Waals surface area (Å²) in [5.41, 5.74) is 1.71. The standard InChI is InChI=1S/C6H8O7.C2H5NO2.Mg/c7-3(8)1-6(13,5(11)12)2-4(9)10;3-1-2(4)5;/h13H,1-2H2,(H,7,8)(H,9,10)(H,11,12);1,3H2,(H,4,5);/q;;+2/p-2. The number of carboxylic acid groups (broad SMARTS) is 4. The van der Waals surface area contributed by atoms with E-state index in [9.17, 15) is 29.4 Å². The Balaban J connectivity index is -0.000000366. The van der Waals surface area contributed by atoms with Gasteiger partial charge in [0, 0.05) is 24.8 Å². The third-order valence-corrected chi connectivity index (χ3v) is 1.45. The second-order valence-electron chi connectivity index (χ2n) is 3.03. The van der Waals surface area contributed by atoms with Gasteiger partial charge in [-0.05, 0) is 0 Å². The van der Waals surface area contributed by atoms with Gasteiger partial charge in [-0.15, -0.1) is 0 Å². The molecule has 0 aromatic rings. The Labute approximate surface area is 123 Å². The molecule has 0 radical (unpaired) electrons. The summed E-state index contributed by atoms with van der Waals surface area (Å²) in [6.45, 7) is -0.278. The van der Waals surface area contributed by atoms with Gasteiger partial charge in [0.25, 0.3) is 0 Å². The van der Waals surface area contributed by atoms with Crippen molar-refractivity contribution in [2.75, 3.05) is 6.54 Å². The molecule has 0 aliphatic rings. The Morgan fingerprint density at radius 3 is 1.37 bits per heavy atom. The fourth-order valence-electron chi connectivity index (χ4n) is 0.691. The summed E-state index contributed by atoms with van der Waals surface area (Å²) in [7, 11) is 0. The zero-order valence-corrected chi connectivity index (χ0v) is 11.1. The van der Waals surface area contributed by atoms with Gasteiger partial charge >= 0.3 is 35.0 Å². The van der Waals surface area contributed by atoms with Gasteiger partial charge in [0.15, 0.2) is 5.60 Å². The summed E-state index contributed by atoms with van der Waals surface area (Å²) in [5.74, 6) is -6.62. The van der Waals surface area contributed by atoms with E-state index >= 15 is 0 Å². The fraction of sp³-hybridized carbons (Fsp3) is 0.500. The molecule has 0 unspecified atom stereocenters. The van der Waals surface area contributed by atoms with E-state index < -0.39 is 42.3 Å². The van der Waals surface area contributed by atoms with Crippen LogP contribution in [-0.4, -0.2) is 74.4 Å². The van der Waals surface area contributed by atoms with Crippen molar-refractivity contribution in [1.82, 2.24) is 0 Å². The van der Waals surface area contributed by atoms with E-state index in [2.05, 4.69) is 5.73 Å². The van der Waals surface area contributed by atoms with Crippen molar-refractivity contribution >= 4 is 46.9 Å². The third kappa shape index (κ3) is 12.8. The van der Waals surface area contributed by atoms with E-state index in [4.69, 9.17) is 15.3 Å². The molecule has 0 saturated heterocycles. The maximum Gasteiger partial charge on any atom is 2.00 e. The first-order valence-electron chi connectivity index (χ1n) is 4.32. The van der Waals surface area contributed by atoms with Crippen molar-refractivity contribution in [3.05, 3.63) is 0 Å². The van der Waals surface area contributed by atoms with Crippen LogP contribution in [0.15, 0.2) is 0 Å². The SMILES string of the molecule is NCC(=O)O.O=C([O-])CC(O)(CC(=O)[O-])C(=O)O.[Mg+2]. The molecule has 11 heteroatoms. The van der Waals surface area contributed by atoms with Crippen LogP contribution < -0.4 is 15.9 Å². The van der Waals surface area contributed by atoms with Crippen molar-refractivity contribution in [3.63, 3.8) is 0 Å². The molecule has 10 nitrogen and oxygen atoms in total. The summed E-state index contributed by atoms with van der Waals surface area (Å²) >= 11 is 0. The van der Waals surface area contributed by atoms with Crippen molar-refractivity contribution in [2.24, 2.45) is 5.73 Å². The minimum absolute atomic E-state index is 0. The summed E-state index contributed by atoms with van der Waals surface area (Å²) in [5, 5.41) is 44.8. The molecular weight excluding hydrogens is 278 g/mol. The van der Waals surface area contributed by atoms with E-state index in [1.165, 1.54) is 0 Å². The van der Waals surface area contributed by atoms with E-state index in [0.29, 0.717) is 0 Å². The van der Waals surface area contributed by atoms with Crippen molar-refractivity contribution in [3.8, 4) is 0 Å². The quantitative estimate of drug-likeness (QED) is 0.342. The molecule has 0 aromatic heterocycles. The Kier molecular flexibility index (Phi) is 12.5. The Morgan fingerprint density at radius 1 is 1.00 bits per heavy atom. The predicted octanol–water partition coefficient (Wildman–Crippen LogP) is -5.27. The summed E-state index contributed by atoms with van der Waals surface area (Å²) in [6.07, 6.45) is -2.59. The third-order valence-electron chi connectivity index (χ3n) is 1.45. The minimum Gasteiger partial charge on any atom is -0.550 e. The van der Waals surface area contributed by atoms with Crippen LogP contribution in [0, 0.1) is 0 Å². The number of carbonyl (C=O) groups is 4. The van der Waals surface area contributed by atoms with Crippen LogP contribution in [0.25, 0.3) is 0 Å². The molecule has 0 saturated carbocycles. The molecule has 5 N–H and O–H groups in total. The average Bonchev–Trinajstić information content (AvgIpc) is 2.15. The van der Waals surface area contributed by atoms with E-state index in [-0.39, 0.29) is 29.6 Å². The van der Waals surface area contributed by atoms with Gasteiger partial charge in [-0.25, -0.2) is 4.79 Å². The fourth-order valence-corrected chi connectivity index (χ4v) is 0.691. The molecule has 0 aromatic carbocycles. The topological polar surface area (TPSA) is 201 Å². The molecule has 0 spiro atoms. The van der Waals surface area contributed by atoms with Crippen LogP contribution in [0.5, 0.6) is 0 Å². The largest absolute Gasteiger partial charge is 2.00 e. The van der Waals surface area contributed by atoms with Crippen LogP contribution in [0.3, 0.4) is 0 Å². The number of aliphatic carboxylic acids is 4. The minimum atomic E-state index is -2.86. The normalized spacial score (nSPS) is 9.37. The van der Waals surface area contributed by atoms with Gasteiger partial charge in [-0.1, -0.05) is 0 Å². The first kappa shape index (κ1) is 22.7. The number of carbonyl (C=O) groups excluding carboxylic acids is 2. The first-order chi connectivity index (χ1) is 8.05. The van der Waals surface area contributed by atoms with Crippen LogP contribution in [0.2, 0.25) is 0 Å². The molecule has 0 aliphatic carbocycles. The van der Waals surface area contributed by atoms with Gasteiger partial charge in [0.1, 0.15) is 0 Å². The number of carboxylic acids is 4. The van der Waals surface area contributed by atoms with E-state index in [1.54, 1.807) is 0 Å². The number of aliphatic hydroxyl groups is 1. The van der Waals surface area contributed by atoms with E-state index in [0.717, 1.165) is 0 Å². The Hall–Kier alpha value is -1.43. The van der Waals surface area contributed by atoms with Gasteiger partial charge in [0.05, 0.1) is 6.54 Å². The molecule has 0 fully saturated rings. The Morgan fingerprint density at radius 2 is 1.26 bits per heavy atom. The maximum atomic E-state index is 10.3.